The van der Waals surface area contributed by atoms with E-state index in [1.54, 1.807) is 11.3 Å². The van der Waals surface area contributed by atoms with Gasteiger partial charge >= 0.3 is 0 Å². The van der Waals surface area contributed by atoms with E-state index in [-0.39, 0.29) is 5.41 Å². The van der Waals surface area contributed by atoms with Gasteiger partial charge in [-0.1, -0.05) is 39.0 Å². The molecule has 2 aromatic carbocycles. The first kappa shape index (κ1) is 15.5. The molecule has 0 saturated heterocycles. The second kappa shape index (κ2) is 5.39. The molecule has 0 spiro atoms. The van der Waals surface area contributed by atoms with Crippen LogP contribution < -0.4 is 0 Å². The van der Waals surface area contributed by atoms with Crippen molar-refractivity contribution < 1.29 is 4.42 Å². The number of para-hydroxylation sites is 1. The summed E-state index contributed by atoms with van der Waals surface area (Å²) in [4.78, 5) is 9.41. The molecule has 26 heavy (non-hydrogen) atoms. The minimum atomic E-state index is 0.0289. The van der Waals surface area contributed by atoms with Gasteiger partial charge in [-0.2, -0.15) is 0 Å². The van der Waals surface area contributed by atoms with Crippen LogP contribution in [-0.2, 0) is 5.41 Å². The molecule has 0 saturated carbocycles. The van der Waals surface area contributed by atoms with Crippen LogP contribution in [0.3, 0.4) is 0 Å². The summed E-state index contributed by atoms with van der Waals surface area (Å²) in [5.41, 5.74) is 4.66. The Morgan fingerprint density at radius 1 is 0.885 bits per heavy atom. The topological polar surface area (TPSA) is 38.9 Å². The van der Waals surface area contributed by atoms with Gasteiger partial charge in [0.25, 0.3) is 0 Å². The van der Waals surface area contributed by atoms with Crippen molar-refractivity contribution in [2.24, 2.45) is 0 Å². The van der Waals surface area contributed by atoms with Gasteiger partial charge in [-0.3, -0.25) is 4.98 Å². The van der Waals surface area contributed by atoms with Gasteiger partial charge < -0.3 is 4.42 Å². The molecule has 0 radical (unpaired) electrons. The Balaban J connectivity index is 1.86. The van der Waals surface area contributed by atoms with E-state index in [9.17, 15) is 0 Å². The zero-order chi connectivity index (χ0) is 17.9. The average molecular weight is 358 g/mol. The Morgan fingerprint density at radius 2 is 1.73 bits per heavy atom. The van der Waals surface area contributed by atoms with E-state index in [4.69, 9.17) is 9.40 Å². The standard InChI is InChI=1S/C22H18N2OS/c1-22(2,3)21-24-18-17(26-21)11-10-14-13-7-6-8-15(19(13)25-20(14)18)16-9-4-5-12-23-16/h4-12H,1-3H3. The van der Waals surface area contributed by atoms with Crippen LogP contribution in [0, 0.1) is 0 Å². The molecule has 0 amide bonds. The summed E-state index contributed by atoms with van der Waals surface area (Å²) in [6.45, 7) is 6.58. The van der Waals surface area contributed by atoms with Crippen LogP contribution in [0.4, 0.5) is 0 Å². The minimum Gasteiger partial charge on any atom is -0.453 e. The molecule has 3 aromatic heterocycles. The lowest BCUT2D eigenvalue weighted by atomic mass is 9.98. The number of furan rings is 1. The van der Waals surface area contributed by atoms with Crippen LogP contribution in [0.15, 0.2) is 59.1 Å². The van der Waals surface area contributed by atoms with Crippen molar-refractivity contribution >= 4 is 43.5 Å². The SMILES string of the molecule is CC(C)(C)c1nc2c(ccc3c4cccc(-c5ccccn5)c4oc32)s1. The summed E-state index contributed by atoms with van der Waals surface area (Å²) in [6, 6.07) is 16.5. The Morgan fingerprint density at radius 3 is 2.50 bits per heavy atom. The third-order valence-electron chi connectivity index (χ3n) is 4.61. The summed E-state index contributed by atoms with van der Waals surface area (Å²) in [6.07, 6.45) is 1.81. The molecule has 3 nitrogen and oxygen atoms in total. The number of aromatic nitrogens is 2. The molecule has 0 bridgehead atoms. The molecular weight excluding hydrogens is 340 g/mol. The van der Waals surface area contributed by atoms with Gasteiger partial charge in [-0.15, -0.1) is 11.3 Å². The number of rotatable bonds is 1. The highest BCUT2D eigenvalue weighted by atomic mass is 32.1. The van der Waals surface area contributed by atoms with Crippen LogP contribution in [-0.4, -0.2) is 9.97 Å². The van der Waals surface area contributed by atoms with Crippen LogP contribution in [0.2, 0.25) is 0 Å². The molecule has 3 heterocycles. The van der Waals surface area contributed by atoms with Gasteiger partial charge in [0.1, 0.15) is 11.1 Å². The first-order chi connectivity index (χ1) is 12.5. The molecule has 0 N–H and O–H groups in total. The van der Waals surface area contributed by atoms with Gasteiger partial charge in [0.2, 0.25) is 0 Å². The van der Waals surface area contributed by atoms with E-state index < -0.39 is 0 Å². The number of fused-ring (bicyclic) bond motifs is 5. The maximum atomic E-state index is 6.38. The summed E-state index contributed by atoms with van der Waals surface area (Å²) in [5.74, 6) is 0. The lowest BCUT2D eigenvalue weighted by Crippen LogP contribution is -2.09. The molecule has 0 unspecified atom stereocenters. The summed E-state index contributed by atoms with van der Waals surface area (Å²) in [7, 11) is 0. The quantitative estimate of drug-likeness (QED) is 0.341. The molecule has 0 aliphatic carbocycles. The van der Waals surface area contributed by atoms with Crippen molar-refractivity contribution in [3.63, 3.8) is 0 Å². The number of benzene rings is 2. The Labute approximate surface area is 155 Å². The highest BCUT2D eigenvalue weighted by Crippen LogP contribution is 2.40. The van der Waals surface area contributed by atoms with Crippen molar-refractivity contribution in [3.8, 4) is 11.3 Å². The van der Waals surface area contributed by atoms with E-state index in [0.29, 0.717) is 0 Å². The zero-order valence-electron chi connectivity index (χ0n) is 14.9. The number of thiazole rings is 1. The van der Waals surface area contributed by atoms with Crippen molar-refractivity contribution in [1.82, 2.24) is 9.97 Å². The van der Waals surface area contributed by atoms with Crippen molar-refractivity contribution in [3.05, 3.63) is 59.7 Å². The molecule has 0 atom stereocenters. The molecule has 5 rings (SSSR count). The lowest BCUT2D eigenvalue weighted by Gasteiger charge is -2.13. The van der Waals surface area contributed by atoms with Crippen molar-refractivity contribution in [1.29, 1.82) is 0 Å². The summed E-state index contributed by atoms with van der Waals surface area (Å²) >= 11 is 1.75. The molecule has 0 aliphatic heterocycles. The highest BCUT2D eigenvalue weighted by Gasteiger charge is 2.22. The molecule has 128 valence electrons. The number of hydrogen-bond donors (Lipinski definition) is 0. The Kier molecular flexibility index (Phi) is 3.22. The van der Waals surface area contributed by atoms with Crippen LogP contribution >= 0.6 is 11.3 Å². The van der Waals surface area contributed by atoms with Crippen LogP contribution in [0.1, 0.15) is 25.8 Å². The van der Waals surface area contributed by atoms with Gasteiger partial charge in [0.15, 0.2) is 5.58 Å². The van der Waals surface area contributed by atoms with Crippen LogP contribution in [0.25, 0.3) is 43.4 Å². The van der Waals surface area contributed by atoms with Crippen LogP contribution in [0.5, 0.6) is 0 Å². The van der Waals surface area contributed by atoms with Crippen molar-refractivity contribution in [2.75, 3.05) is 0 Å². The maximum Gasteiger partial charge on any atom is 0.162 e. The molecular formula is C22H18N2OS. The zero-order valence-corrected chi connectivity index (χ0v) is 15.7. The van der Waals surface area contributed by atoms with E-state index in [2.05, 4.69) is 56.1 Å². The molecule has 5 aromatic rings. The second-order valence-corrected chi connectivity index (χ2v) is 8.59. The molecule has 4 heteroatoms. The fourth-order valence-electron chi connectivity index (χ4n) is 3.29. The van der Waals surface area contributed by atoms with E-state index in [1.165, 1.54) is 4.70 Å². The van der Waals surface area contributed by atoms with Gasteiger partial charge in [0, 0.05) is 27.9 Å². The first-order valence-corrected chi connectivity index (χ1v) is 9.51. The molecule has 0 aliphatic rings. The largest absolute Gasteiger partial charge is 0.453 e. The third-order valence-corrected chi connectivity index (χ3v) is 6.05. The van der Waals surface area contributed by atoms with E-state index in [1.807, 2.05) is 24.4 Å². The summed E-state index contributed by atoms with van der Waals surface area (Å²) in [5, 5.41) is 3.34. The normalized spacial score (nSPS) is 12.4. The second-order valence-electron chi connectivity index (χ2n) is 7.56. The van der Waals surface area contributed by atoms with E-state index in [0.717, 1.165) is 43.7 Å². The number of pyridine rings is 1. The molecule has 0 fully saturated rings. The summed E-state index contributed by atoms with van der Waals surface area (Å²) < 4.78 is 7.55. The van der Waals surface area contributed by atoms with E-state index >= 15 is 0 Å². The van der Waals surface area contributed by atoms with Gasteiger partial charge in [-0.05, 0) is 30.3 Å². The monoisotopic (exact) mass is 358 g/mol. The highest BCUT2D eigenvalue weighted by molar-refractivity contribution is 7.18. The number of nitrogens with zero attached hydrogens (tertiary/aromatic N) is 2. The minimum absolute atomic E-state index is 0.0289. The first-order valence-electron chi connectivity index (χ1n) is 8.69. The lowest BCUT2D eigenvalue weighted by molar-refractivity contribution is 0.586. The fraction of sp³-hybridized carbons (Fsp3) is 0.182. The maximum absolute atomic E-state index is 6.38. The predicted octanol–water partition coefficient (Wildman–Crippen LogP) is 6.56. The third kappa shape index (κ3) is 2.26. The fourth-order valence-corrected chi connectivity index (χ4v) is 4.31. The number of hydrogen-bond acceptors (Lipinski definition) is 4. The smallest absolute Gasteiger partial charge is 0.162 e. The average Bonchev–Trinajstić information content (AvgIpc) is 3.23. The van der Waals surface area contributed by atoms with Gasteiger partial charge in [0.05, 0.1) is 15.4 Å². The van der Waals surface area contributed by atoms with Crippen molar-refractivity contribution in [2.45, 2.75) is 26.2 Å². The van der Waals surface area contributed by atoms with Gasteiger partial charge in [-0.25, -0.2) is 4.98 Å². The Hall–Kier alpha value is -2.72. The Bertz CT molecular complexity index is 1260. The predicted molar refractivity (Wildman–Crippen MR) is 109 cm³/mol.